The molecule has 0 atom stereocenters. The van der Waals surface area contributed by atoms with E-state index in [0.29, 0.717) is 27.8 Å². The highest BCUT2D eigenvalue weighted by atomic mass is 35.5. The Balaban J connectivity index is 1.95. The van der Waals surface area contributed by atoms with Crippen LogP contribution in [0, 0.1) is 0 Å². The summed E-state index contributed by atoms with van der Waals surface area (Å²) >= 11 is 11.0. The zero-order valence-electron chi connectivity index (χ0n) is 15.1. The van der Waals surface area contributed by atoms with Crippen molar-refractivity contribution >= 4 is 40.5 Å². The number of rotatable bonds is 6. The molecule has 9 heteroatoms. The highest BCUT2D eigenvalue weighted by molar-refractivity contribution is 7.80. The standard InChI is InChI=1S/C18H20ClN3O4S/c1-24-14-9-4-11(16(25-2)17(14)26-3)10-15(23)21-22-18(27)20-13-7-5-12(19)6-8-13/h4-9H,10H2,1-3H3,(H,21,23)(H2,20,22,27). The molecule has 1 amide bonds. The number of nitrogens with one attached hydrogen (secondary N) is 3. The van der Waals surface area contributed by atoms with Crippen molar-refractivity contribution in [2.75, 3.05) is 26.6 Å². The minimum Gasteiger partial charge on any atom is -0.493 e. The Bertz CT molecular complexity index is 815. The molecule has 0 aliphatic rings. The van der Waals surface area contributed by atoms with E-state index in [0.717, 1.165) is 5.69 Å². The first kappa shape index (κ1) is 20.6. The van der Waals surface area contributed by atoms with Gasteiger partial charge < -0.3 is 19.5 Å². The first-order chi connectivity index (χ1) is 13.0. The van der Waals surface area contributed by atoms with E-state index in [1.165, 1.54) is 21.3 Å². The third-order valence-corrected chi connectivity index (χ3v) is 4.01. The van der Waals surface area contributed by atoms with Gasteiger partial charge >= 0.3 is 0 Å². The van der Waals surface area contributed by atoms with Gasteiger partial charge in [0.05, 0.1) is 27.8 Å². The number of carbonyl (C=O) groups is 1. The second kappa shape index (κ2) is 9.84. The van der Waals surface area contributed by atoms with E-state index in [1.54, 1.807) is 36.4 Å². The van der Waals surface area contributed by atoms with Crippen LogP contribution in [0.15, 0.2) is 36.4 Å². The maximum atomic E-state index is 12.2. The average molecular weight is 410 g/mol. The van der Waals surface area contributed by atoms with Crippen molar-refractivity contribution in [3.63, 3.8) is 0 Å². The fourth-order valence-corrected chi connectivity index (χ4v) is 2.64. The third-order valence-electron chi connectivity index (χ3n) is 3.55. The topological polar surface area (TPSA) is 80.9 Å². The first-order valence-electron chi connectivity index (χ1n) is 7.87. The molecule has 27 heavy (non-hydrogen) atoms. The summed E-state index contributed by atoms with van der Waals surface area (Å²) in [5, 5.41) is 3.79. The zero-order valence-corrected chi connectivity index (χ0v) is 16.7. The SMILES string of the molecule is COc1ccc(CC(=O)NNC(=S)Nc2ccc(Cl)cc2)c(OC)c1OC. The van der Waals surface area contributed by atoms with Gasteiger partial charge in [-0.2, -0.15) is 0 Å². The Morgan fingerprint density at radius 1 is 0.963 bits per heavy atom. The van der Waals surface area contributed by atoms with E-state index in [2.05, 4.69) is 16.2 Å². The molecule has 0 radical (unpaired) electrons. The van der Waals surface area contributed by atoms with Crippen molar-refractivity contribution in [1.29, 1.82) is 0 Å². The van der Waals surface area contributed by atoms with Gasteiger partial charge in [-0.3, -0.25) is 15.6 Å². The van der Waals surface area contributed by atoms with Gasteiger partial charge in [0, 0.05) is 16.3 Å². The molecule has 0 saturated heterocycles. The van der Waals surface area contributed by atoms with Crippen LogP contribution in [0.3, 0.4) is 0 Å². The molecule has 0 saturated carbocycles. The van der Waals surface area contributed by atoms with Crippen LogP contribution in [0.5, 0.6) is 17.2 Å². The van der Waals surface area contributed by atoms with Crippen molar-refractivity contribution in [2.24, 2.45) is 0 Å². The van der Waals surface area contributed by atoms with E-state index < -0.39 is 0 Å². The highest BCUT2D eigenvalue weighted by Gasteiger charge is 2.17. The van der Waals surface area contributed by atoms with E-state index in [-0.39, 0.29) is 17.4 Å². The van der Waals surface area contributed by atoms with Crippen molar-refractivity contribution in [2.45, 2.75) is 6.42 Å². The van der Waals surface area contributed by atoms with Crippen LogP contribution in [0.2, 0.25) is 5.02 Å². The lowest BCUT2D eigenvalue weighted by Gasteiger charge is -2.16. The lowest BCUT2D eigenvalue weighted by molar-refractivity contribution is -0.121. The molecule has 144 valence electrons. The Morgan fingerprint density at radius 2 is 1.63 bits per heavy atom. The summed E-state index contributed by atoms with van der Waals surface area (Å²) in [4.78, 5) is 12.2. The largest absolute Gasteiger partial charge is 0.493 e. The maximum absolute atomic E-state index is 12.2. The zero-order chi connectivity index (χ0) is 19.8. The highest BCUT2D eigenvalue weighted by Crippen LogP contribution is 2.39. The minimum atomic E-state index is -0.305. The van der Waals surface area contributed by atoms with Crippen LogP contribution in [0.25, 0.3) is 0 Å². The Morgan fingerprint density at radius 3 is 2.22 bits per heavy atom. The monoisotopic (exact) mass is 409 g/mol. The van der Waals surface area contributed by atoms with E-state index in [4.69, 9.17) is 38.0 Å². The first-order valence-corrected chi connectivity index (χ1v) is 8.66. The smallest absolute Gasteiger partial charge is 0.242 e. The molecule has 7 nitrogen and oxygen atoms in total. The number of ether oxygens (including phenoxy) is 3. The van der Waals surface area contributed by atoms with Gasteiger partial charge in [-0.15, -0.1) is 0 Å². The molecule has 0 unspecified atom stereocenters. The number of thiocarbonyl (C=S) groups is 1. The molecule has 0 fully saturated rings. The molecular formula is C18H20ClN3O4S. The van der Waals surface area contributed by atoms with Crippen LogP contribution in [-0.4, -0.2) is 32.3 Å². The number of halogens is 1. The van der Waals surface area contributed by atoms with E-state index >= 15 is 0 Å². The quantitative estimate of drug-likeness (QED) is 0.500. The van der Waals surface area contributed by atoms with Crippen molar-refractivity contribution in [1.82, 2.24) is 10.9 Å². The molecule has 2 aromatic carbocycles. The third kappa shape index (κ3) is 5.63. The van der Waals surface area contributed by atoms with Crippen LogP contribution < -0.4 is 30.4 Å². The number of hydrogen-bond donors (Lipinski definition) is 3. The van der Waals surface area contributed by atoms with Gasteiger partial charge in [0.25, 0.3) is 0 Å². The van der Waals surface area contributed by atoms with E-state index in [9.17, 15) is 4.79 Å². The molecule has 0 spiro atoms. The lowest BCUT2D eigenvalue weighted by atomic mass is 10.1. The van der Waals surface area contributed by atoms with Gasteiger partial charge in [0.15, 0.2) is 16.6 Å². The van der Waals surface area contributed by atoms with Crippen molar-refractivity contribution in [3.8, 4) is 17.2 Å². The van der Waals surface area contributed by atoms with Crippen molar-refractivity contribution in [3.05, 3.63) is 47.0 Å². The summed E-state index contributed by atoms with van der Waals surface area (Å²) in [6.07, 6.45) is 0.0556. The summed E-state index contributed by atoms with van der Waals surface area (Å²) < 4.78 is 15.9. The van der Waals surface area contributed by atoms with Gasteiger partial charge in [0.2, 0.25) is 11.7 Å². The summed E-state index contributed by atoms with van der Waals surface area (Å²) in [7, 11) is 4.54. The lowest BCUT2D eigenvalue weighted by Crippen LogP contribution is -2.44. The predicted molar refractivity (Wildman–Crippen MR) is 109 cm³/mol. The number of hydrogen-bond acceptors (Lipinski definition) is 5. The summed E-state index contributed by atoms with van der Waals surface area (Å²) in [5.74, 6) is 1.08. The molecular weight excluding hydrogens is 390 g/mol. The molecule has 0 heterocycles. The summed E-state index contributed by atoms with van der Waals surface area (Å²) in [5.41, 5.74) is 6.57. The minimum absolute atomic E-state index is 0.0556. The predicted octanol–water partition coefficient (Wildman–Crippen LogP) is 2.93. The van der Waals surface area contributed by atoms with Crippen LogP contribution in [0.1, 0.15) is 5.56 Å². The van der Waals surface area contributed by atoms with Crippen LogP contribution >= 0.6 is 23.8 Å². The average Bonchev–Trinajstić information content (AvgIpc) is 2.67. The fourth-order valence-electron chi connectivity index (χ4n) is 2.34. The number of benzene rings is 2. The summed E-state index contributed by atoms with van der Waals surface area (Å²) in [6.45, 7) is 0. The molecule has 0 aliphatic heterocycles. The molecule has 0 aliphatic carbocycles. The molecule has 0 bridgehead atoms. The van der Waals surface area contributed by atoms with Gasteiger partial charge in [-0.25, -0.2) is 0 Å². The Hall–Kier alpha value is -2.71. The molecule has 2 aromatic rings. The maximum Gasteiger partial charge on any atom is 0.242 e. The van der Waals surface area contributed by atoms with Crippen LogP contribution in [-0.2, 0) is 11.2 Å². The van der Waals surface area contributed by atoms with Crippen molar-refractivity contribution < 1.29 is 19.0 Å². The number of carbonyl (C=O) groups excluding carboxylic acids is 1. The molecule has 0 aromatic heterocycles. The normalized spacial score (nSPS) is 9.93. The van der Waals surface area contributed by atoms with Gasteiger partial charge in [-0.05, 0) is 42.5 Å². The van der Waals surface area contributed by atoms with E-state index in [1.807, 2.05) is 0 Å². The Labute approximate surface area is 167 Å². The molecule has 2 rings (SSSR count). The second-order valence-electron chi connectivity index (χ2n) is 5.30. The molecule has 3 N–H and O–H groups in total. The number of hydrazine groups is 1. The van der Waals surface area contributed by atoms with Crippen LogP contribution in [0.4, 0.5) is 5.69 Å². The number of methoxy groups -OCH3 is 3. The summed E-state index contributed by atoms with van der Waals surface area (Å²) in [6, 6.07) is 10.5. The van der Waals surface area contributed by atoms with Gasteiger partial charge in [-0.1, -0.05) is 17.7 Å². The van der Waals surface area contributed by atoms with Gasteiger partial charge in [0.1, 0.15) is 0 Å². The number of anilines is 1. The Kier molecular flexibility index (Phi) is 7.51. The number of amides is 1. The second-order valence-corrected chi connectivity index (χ2v) is 6.15. The fraction of sp³-hybridized carbons (Fsp3) is 0.222.